The van der Waals surface area contributed by atoms with E-state index in [9.17, 15) is 4.79 Å². The molecular formula is C21H20N2O4. The Kier molecular flexibility index (Phi) is 5.89. The minimum atomic E-state index is -0.360. The normalized spacial score (nSPS) is 10.7. The van der Waals surface area contributed by atoms with E-state index in [0.717, 1.165) is 22.1 Å². The predicted molar refractivity (Wildman–Crippen MR) is 105 cm³/mol. The summed E-state index contributed by atoms with van der Waals surface area (Å²) in [5.41, 5.74) is 3.26. The lowest BCUT2D eigenvalue weighted by atomic mass is 10.0. The number of hydrogen-bond acceptors (Lipinski definition) is 5. The molecule has 0 saturated carbocycles. The Bertz CT molecular complexity index is 952. The van der Waals surface area contributed by atoms with E-state index in [2.05, 4.69) is 10.5 Å². The molecule has 0 saturated heterocycles. The molecule has 0 aliphatic carbocycles. The average Bonchev–Trinajstić information content (AvgIpc) is 2.72. The number of hydrogen-bond donors (Lipinski definition) is 1. The predicted octanol–water partition coefficient (Wildman–Crippen LogP) is 3.39. The molecule has 0 heterocycles. The Balaban J connectivity index is 1.63. The Hall–Kier alpha value is -3.54. The molecule has 0 aromatic heterocycles. The van der Waals surface area contributed by atoms with E-state index in [-0.39, 0.29) is 12.5 Å². The summed E-state index contributed by atoms with van der Waals surface area (Å²) in [7, 11) is 3.19. The van der Waals surface area contributed by atoms with Gasteiger partial charge in [-0.3, -0.25) is 4.79 Å². The van der Waals surface area contributed by atoms with Crippen LogP contribution in [0.4, 0.5) is 0 Å². The molecule has 0 spiro atoms. The SMILES string of the molecule is COc1ccc(OCC(=O)NN=Cc2c(OC)ccc3ccccc23)cc1. The number of carbonyl (C=O) groups is 1. The zero-order valence-corrected chi connectivity index (χ0v) is 15.1. The summed E-state index contributed by atoms with van der Waals surface area (Å²) in [5, 5.41) is 6.09. The topological polar surface area (TPSA) is 69.2 Å². The van der Waals surface area contributed by atoms with Crippen LogP contribution < -0.4 is 19.6 Å². The lowest BCUT2D eigenvalue weighted by Gasteiger charge is -2.08. The van der Waals surface area contributed by atoms with Crippen LogP contribution in [0.3, 0.4) is 0 Å². The molecule has 0 aliphatic rings. The van der Waals surface area contributed by atoms with Crippen molar-refractivity contribution in [1.82, 2.24) is 5.43 Å². The van der Waals surface area contributed by atoms with E-state index in [0.29, 0.717) is 11.5 Å². The minimum absolute atomic E-state index is 0.143. The number of amides is 1. The maximum atomic E-state index is 11.9. The average molecular weight is 364 g/mol. The summed E-state index contributed by atoms with van der Waals surface area (Å²) < 4.78 is 15.9. The number of benzene rings is 3. The fourth-order valence-electron chi connectivity index (χ4n) is 2.61. The molecule has 0 aliphatic heterocycles. The van der Waals surface area contributed by atoms with E-state index in [1.54, 1.807) is 44.7 Å². The zero-order valence-electron chi connectivity index (χ0n) is 15.1. The van der Waals surface area contributed by atoms with Gasteiger partial charge in [-0.2, -0.15) is 5.10 Å². The van der Waals surface area contributed by atoms with Gasteiger partial charge in [0.25, 0.3) is 5.91 Å². The first-order valence-corrected chi connectivity index (χ1v) is 8.36. The van der Waals surface area contributed by atoms with Crippen LogP contribution in [0.5, 0.6) is 17.2 Å². The summed E-state index contributed by atoms with van der Waals surface area (Å²) in [6.07, 6.45) is 1.58. The highest BCUT2D eigenvalue weighted by Gasteiger charge is 2.06. The molecule has 0 radical (unpaired) electrons. The third kappa shape index (κ3) is 4.55. The van der Waals surface area contributed by atoms with Crippen molar-refractivity contribution in [3.05, 3.63) is 66.2 Å². The van der Waals surface area contributed by atoms with E-state index >= 15 is 0 Å². The van der Waals surface area contributed by atoms with Crippen molar-refractivity contribution in [3.63, 3.8) is 0 Å². The second-order valence-electron chi connectivity index (χ2n) is 5.66. The van der Waals surface area contributed by atoms with Crippen molar-refractivity contribution < 1.29 is 19.0 Å². The second kappa shape index (κ2) is 8.71. The van der Waals surface area contributed by atoms with E-state index in [4.69, 9.17) is 14.2 Å². The molecule has 6 nitrogen and oxygen atoms in total. The van der Waals surface area contributed by atoms with Gasteiger partial charge in [0.15, 0.2) is 6.61 Å². The van der Waals surface area contributed by atoms with E-state index in [1.165, 1.54) is 0 Å². The van der Waals surface area contributed by atoms with Crippen molar-refractivity contribution in [2.24, 2.45) is 5.10 Å². The highest BCUT2D eigenvalue weighted by molar-refractivity contribution is 6.02. The number of nitrogens with zero attached hydrogens (tertiary/aromatic N) is 1. The quantitative estimate of drug-likeness (QED) is 0.515. The van der Waals surface area contributed by atoms with Gasteiger partial charge in [0, 0.05) is 5.56 Å². The number of methoxy groups -OCH3 is 2. The molecule has 6 heteroatoms. The zero-order chi connectivity index (χ0) is 19.1. The Morgan fingerprint density at radius 3 is 2.44 bits per heavy atom. The van der Waals surface area contributed by atoms with Crippen LogP contribution in [0.2, 0.25) is 0 Å². The molecule has 138 valence electrons. The lowest BCUT2D eigenvalue weighted by Crippen LogP contribution is -2.24. The Morgan fingerprint density at radius 2 is 1.70 bits per heavy atom. The molecule has 0 bridgehead atoms. The van der Waals surface area contributed by atoms with Gasteiger partial charge in [-0.05, 0) is 41.1 Å². The van der Waals surface area contributed by atoms with Crippen LogP contribution in [0, 0.1) is 0 Å². The highest BCUT2D eigenvalue weighted by Crippen LogP contribution is 2.26. The molecule has 27 heavy (non-hydrogen) atoms. The van der Waals surface area contributed by atoms with Crippen molar-refractivity contribution in [3.8, 4) is 17.2 Å². The van der Waals surface area contributed by atoms with Crippen LogP contribution in [0.1, 0.15) is 5.56 Å². The first-order chi connectivity index (χ1) is 13.2. The van der Waals surface area contributed by atoms with Gasteiger partial charge in [0.05, 0.1) is 20.4 Å². The monoisotopic (exact) mass is 364 g/mol. The van der Waals surface area contributed by atoms with Gasteiger partial charge in [-0.15, -0.1) is 0 Å². The molecule has 1 amide bonds. The lowest BCUT2D eigenvalue weighted by molar-refractivity contribution is -0.123. The third-order valence-electron chi connectivity index (χ3n) is 3.96. The van der Waals surface area contributed by atoms with Gasteiger partial charge in [0.2, 0.25) is 0 Å². The number of carbonyl (C=O) groups excluding carboxylic acids is 1. The van der Waals surface area contributed by atoms with Gasteiger partial charge in [-0.1, -0.05) is 30.3 Å². The smallest absolute Gasteiger partial charge is 0.277 e. The fraction of sp³-hybridized carbons (Fsp3) is 0.143. The standard InChI is InChI=1S/C21H20N2O4/c1-25-16-8-10-17(11-9-16)27-14-21(24)23-22-13-19-18-6-4-3-5-15(18)7-12-20(19)26-2/h3-13H,14H2,1-2H3,(H,23,24). The van der Waals surface area contributed by atoms with Gasteiger partial charge in [0.1, 0.15) is 17.2 Å². The molecule has 3 aromatic carbocycles. The summed E-state index contributed by atoms with van der Waals surface area (Å²) in [5.74, 6) is 1.62. The van der Waals surface area contributed by atoms with E-state index in [1.807, 2.05) is 36.4 Å². The first kappa shape index (κ1) is 18.3. The van der Waals surface area contributed by atoms with Crippen LogP contribution in [-0.2, 0) is 4.79 Å². The highest BCUT2D eigenvalue weighted by atomic mass is 16.5. The third-order valence-corrected chi connectivity index (χ3v) is 3.96. The number of rotatable bonds is 7. The summed E-state index contributed by atoms with van der Waals surface area (Å²) in [4.78, 5) is 11.9. The molecule has 3 aromatic rings. The minimum Gasteiger partial charge on any atom is -0.497 e. The number of ether oxygens (including phenoxy) is 3. The maximum absolute atomic E-state index is 11.9. The number of fused-ring (bicyclic) bond motifs is 1. The molecule has 0 unspecified atom stereocenters. The molecule has 3 rings (SSSR count). The summed E-state index contributed by atoms with van der Waals surface area (Å²) in [6, 6.07) is 18.7. The van der Waals surface area contributed by atoms with Crippen LogP contribution >= 0.6 is 0 Å². The molecule has 1 N–H and O–H groups in total. The van der Waals surface area contributed by atoms with E-state index < -0.39 is 0 Å². The summed E-state index contributed by atoms with van der Waals surface area (Å²) in [6.45, 7) is -0.143. The van der Waals surface area contributed by atoms with Crippen molar-refractivity contribution in [2.45, 2.75) is 0 Å². The molecule has 0 atom stereocenters. The fourth-order valence-corrected chi connectivity index (χ4v) is 2.61. The summed E-state index contributed by atoms with van der Waals surface area (Å²) >= 11 is 0. The van der Waals surface area contributed by atoms with Gasteiger partial charge in [-0.25, -0.2) is 5.43 Å². The number of nitrogens with one attached hydrogen (secondary N) is 1. The maximum Gasteiger partial charge on any atom is 0.277 e. The second-order valence-corrected chi connectivity index (χ2v) is 5.66. The largest absolute Gasteiger partial charge is 0.497 e. The number of hydrazone groups is 1. The molecule has 0 fully saturated rings. The van der Waals surface area contributed by atoms with Crippen molar-refractivity contribution in [2.75, 3.05) is 20.8 Å². The van der Waals surface area contributed by atoms with Gasteiger partial charge < -0.3 is 14.2 Å². The van der Waals surface area contributed by atoms with Crippen LogP contribution in [0.25, 0.3) is 10.8 Å². The van der Waals surface area contributed by atoms with Crippen LogP contribution in [0.15, 0.2) is 65.8 Å². The van der Waals surface area contributed by atoms with Gasteiger partial charge >= 0.3 is 0 Å². The Labute approximate surface area is 157 Å². The Morgan fingerprint density at radius 1 is 0.963 bits per heavy atom. The van der Waals surface area contributed by atoms with Crippen molar-refractivity contribution >= 4 is 22.9 Å². The molecular weight excluding hydrogens is 344 g/mol. The van der Waals surface area contributed by atoms with Crippen molar-refractivity contribution in [1.29, 1.82) is 0 Å². The van der Waals surface area contributed by atoms with Crippen LogP contribution in [-0.4, -0.2) is 32.9 Å². The first-order valence-electron chi connectivity index (χ1n) is 8.36.